The normalized spacial score (nSPS) is 12.5. The first-order valence-electron chi connectivity index (χ1n) is 14.2. The summed E-state index contributed by atoms with van der Waals surface area (Å²) < 4.78 is 5.51. The molecule has 0 saturated carbocycles. The Morgan fingerprint density at radius 2 is 1.55 bits per heavy atom. The van der Waals surface area contributed by atoms with Gasteiger partial charge >= 0.3 is 6.09 Å². The Morgan fingerprint density at radius 1 is 0.905 bits per heavy atom. The minimum absolute atomic E-state index is 0.0816. The summed E-state index contributed by atoms with van der Waals surface area (Å²) >= 11 is 0. The smallest absolute Gasteiger partial charge is 0.408 e. The number of para-hydroxylation sites is 1. The third-order valence-electron chi connectivity index (χ3n) is 6.89. The predicted octanol–water partition coefficient (Wildman–Crippen LogP) is 6.75. The van der Waals surface area contributed by atoms with Crippen LogP contribution in [0.25, 0.3) is 0 Å². The molecule has 42 heavy (non-hydrogen) atoms. The van der Waals surface area contributed by atoms with Crippen molar-refractivity contribution in [2.75, 3.05) is 11.9 Å². The third-order valence-corrected chi connectivity index (χ3v) is 6.89. The van der Waals surface area contributed by atoms with Crippen molar-refractivity contribution < 1.29 is 19.1 Å². The van der Waals surface area contributed by atoms with Crippen molar-refractivity contribution in [3.05, 3.63) is 113 Å². The number of amides is 3. The van der Waals surface area contributed by atoms with Gasteiger partial charge in [0.1, 0.15) is 17.7 Å². The number of carbonyl (C=O) groups excluding carboxylic acids is 3. The minimum atomic E-state index is -0.997. The second kappa shape index (κ2) is 14.0. The van der Waals surface area contributed by atoms with Crippen LogP contribution in [-0.4, -0.2) is 41.0 Å². The second-order valence-electron chi connectivity index (χ2n) is 11.7. The Morgan fingerprint density at radius 3 is 2.12 bits per heavy atom. The topological polar surface area (TPSA) is 87.7 Å². The maximum Gasteiger partial charge on any atom is 0.408 e. The van der Waals surface area contributed by atoms with E-state index < -0.39 is 29.7 Å². The van der Waals surface area contributed by atoms with Crippen molar-refractivity contribution in [1.82, 2.24) is 10.2 Å². The van der Waals surface area contributed by atoms with E-state index in [9.17, 15) is 14.4 Å². The molecule has 0 fully saturated rings. The third kappa shape index (κ3) is 8.56. The highest BCUT2D eigenvalue weighted by Crippen LogP contribution is 2.29. The van der Waals surface area contributed by atoms with E-state index in [1.54, 1.807) is 26.8 Å². The van der Waals surface area contributed by atoms with Gasteiger partial charge in [0, 0.05) is 18.7 Å². The molecule has 2 N–H and O–H groups in total. The zero-order valence-electron chi connectivity index (χ0n) is 25.8. The van der Waals surface area contributed by atoms with Crippen LogP contribution >= 0.6 is 0 Å². The summed E-state index contributed by atoms with van der Waals surface area (Å²) in [7, 11) is 0. The molecule has 0 aliphatic heterocycles. The predicted molar refractivity (Wildman–Crippen MR) is 168 cm³/mol. The second-order valence-corrected chi connectivity index (χ2v) is 11.7. The van der Waals surface area contributed by atoms with Crippen molar-refractivity contribution in [2.24, 2.45) is 0 Å². The van der Waals surface area contributed by atoms with Crippen molar-refractivity contribution in [3.63, 3.8) is 0 Å². The molecule has 7 heteroatoms. The van der Waals surface area contributed by atoms with Crippen LogP contribution < -0.4 is 10.6 Å². The maximum atomic E-state index is 14.5. The summed E-state index contributed by atoms with van der Waals surface area (Å²) in [4.78, 5) is 43.1. The van der Waals surface area contributed by atoms with E-state index in [0.29, 0.717) is 11.3 Å². The Labute approximate surface area is 250 Å². The molecule has 0 spiro atoms. The fourth-order valence-corrected chi connectivity index (χ4v) is 4.95. The van der Waals surface area contributed by atoms with Crippen LogP contribution in [0.5, 0.6) is 0 Å². The van der Waals surface area contributed by atoms with Crippen molar-refractivity contribution in [1.29, 1.82) is 0 Å². The largest absolute Gasteiger partial charge is 0.444 e. The van der Waals surface area contributed by atoms with E-state index >= 15 is 0 Å². The van der Waals surface area contributed by atoms with Gasteiger partial charge in [-0.2, -0.15) is 0 Å². The van der Waals surface area contributed by atoms with Crippen molar-refractivity contribution in [3.8, 4) is 0 Å². The number of anilines is 1. The molecule has 3 rings (SSSR count). The zero-order chi connectivity index (χ0) is 31.0. The fraction of sp³-hybridized carbons (Fsp3) is 0.343. The Balaban J connectivity index is 2.10. The lowest BCUT2D eigenvalue weighted by Crippen LogP contribution is -2.53. The molecule has 3 aromatic rings. The van der Waals surface area contributed by atoms with Gasteiger partial charge in [-0.15, -0.1) is 6.58 Å². The lowest BCUT2D eigenvalue weighted by molar-refractivity contribution is -0.140. The number of carbonyl (C=O) groups is 3. The summed E-state index contributed by atoms with van der Waals surface area (Å²) in [5, 5.41) is 5.87. The first kappa shape index (κ1) is 32.1. The van der Waals surface area contributed by atoms with Crippen LogP contribution in [0.2, 0.25) is 0 Å². The van der Waals surface area contributed by atoms with E-state index in [1.807, 2.05) is 94.4 Å². The van der Waals surface area contributed by atoms with Gasteiger partial charge in [0.15, 0.2) is 0 Å². The maximum absolute atomic E-state index is 14.5. The number of ether oxygens (including phenoxy) is 1. The van der Waals surface area contributed by atoms with Gasteiger partial charge < -0.3 is 20.3 Å². The average molecular weight is 570 g/mol. The lowest BCUT2D eigenvalue weighted by Gasteiger charge is -2.35. The molecule has 3 aromatic carbocycles. The summed E-state index contributed by atoms with van der Waals surface area (Å²) in [5.74, 6) is -0.781. The number of alkyl carbamates (subject to hydrolysis) is 1. The number of nitrogens with zero attached hydrogens (tertiary/aromatic N) is 1. The first-order valence-corrected chi connectivity index (χ1v) is 14.2. The van der Waals surface area contributed by atoms with Gasteiger partial charge in [0.2, 0.25) is 5.91 Å². The summed E-state index contributed by atoms with van der Waals surface area (Å²) in [6.07, 6.45) is 1.09. The number of aryl methyl sites for hydroxylation is 4. The summed E-state index contributed by atoms with van der Waals surface area (Å²) in [6, 6.07) is 19.0. The minimum Gasteiger partial charge on any atom is -0.444 e. The SMILES string of the molecule is C=CCN(C(=O)C(Cc1ccccc1)NC(=O)OC(C)(C)C)C(C(=O)Nc1c(C)cccc1C)c1ccc(C)cc1C. The quantitative estimate of drug-likeness (QED) is 0.264. The van der Waals surface area contributed by atoms with E-state index in [-0.39, 0.29) is 18.9 Å². The van der Waals surface area contributed by atoms with E-state index in [1.165, 1.54) is 4.90 Å². The average Bonchev–Trinajstić information content (AvgIpc) is 2.90. The van der Waals surface area contributed by atoms with Crippen molar-refractivity contribution in [2.45, 2.75) is 72.6 Å². The number of rotatable bonds is 10. The monoisotopic (exact) mass is 569 g/mol. The molecule has 0 bridgehead atoms. The van der Waals surface area contributed by atoms with Gasteiger partial charge in [-0.25, -0.2) is 4.79 Å². The lowest BCUT2D eigenvalue weighted by atomic mass is 9.95. The van der Waals surface area contributed by atoms with Crippen LogP contribution in [0.1, 0.15) is 60.2 Å². The highest BCUT2D eigenvalue weighted by Gasteiger charge is 2.37. The van der Waals surface area contributed by atoms with Gasteiger partial charge in [0.05, 0.1) is 0 Å². The Bertz CT molecular complexity index is 1410. The number of benzene rings is 3. The van der Waals surface area contributed by atoms with Gasteiger partial charge in [-0.05, 0) is 76.3 Å². The van der Waals surface area contributed by atoms with Crippen LogP contribution in [-0.2, 0) is 20.7 Å². The highest BCUT2D eigenvalue weighted by molar-refractivity contribution is 6.00. The van der Waals surface area contributed by atoms with E-state index in [4.69, 9.17) is 4.74 Å². The standard InChI is InChI=1S/C35H43N3O4/c1-9-20-38(33(40)29(22-27-16-11-10-12-17-27)36-34(41)42-35(6,7)8)31(28-19-18-23(2)21-26(28)5)32(39)37-30-24(3)14-13-15-25(30)4/h9-19,21,29,31H,1,20,22H2,2-8H3,(H,36,41)(H,37,39). The molecule has 2 atom stereocenters. The fourth-order valence-electron chi connectivity index (χ4n) is 4.95. The molecule has 0 aliphatic carbocycles. The van der Waals surface area contributed by atoms with Gasteiger partial charge in [-0.3, -0.25) is 9.59 Å². The molecule has 0 radical (unpaired) electrons. The molecule has 0 aliphatic rings. The van der Waals surface area contributed by atoms with Crippen LogP contribution in [0.3, 0.4) is 0 Å². The molecule has 222 valence electrons. The number of nitrogens with one attached hydrogen (secondary N) is 2. The zero-order valence-corrected chi connectivity index (χ0v) is 25.8. The van der Waals surface area contributed by atoms with Gasteiger partial charge in [0.25, 0.3) is 5.91 Å². The molecule has 7 nitrogen and oxygen atoms in total. The van der Waals surface area contributed by atoms with Crippen molar-refractivity contribution >= 4 is 23.6 Å². The molecular weight excluding hydrogens is 526 g/mol. The number of hydrogen-bond donors (Lipinski definition) is 2. The molecule has 0 saturated heterocycles. The summed E-state index contributed by atoms with van der Waals surface area (Å²) in [6.45, 7) is 17.0. The molecule has 2 unspecified atom stereocenters. The van der Waals surface area contributed by atoms with E-state index in [0.717, 1.165) is 27.8 Å². The number of hydrogen-bond acceptors (Lipinski definition) is 4. The molecule has 3 amide bonds. The summed E-state index contributed by atoms with van der Waals surface area (Å²) in [5.41, 5.74) is 5.24. The molecule has 0 aromatic heterocycles. The van der Waals surface area contributed by atoms with E-state index in [2.05, 4.69) is 17.2 Å². The molecular formula is C35H43N3O4. The van der Waals surface area contributed by atoms with Gasteiger partial charge in [-0.1, -0.05) is 78.4 Å². The van der Waals surface area contributed by atoms with Crippen LogP contribution in [0, 0.1) is 27.7 Å². The Hall–Kier alpha value is -4.39. The first-order chi connectivity index (χ1) is 19.8. The van der Waals surface area contributed by atoms with Crippen LogP contribution in [0.4, 0.5) is 10.5 Å². The Kier molecular flexibility index (Phi) is 10.7. The van der Waals surface area contributed by atoms with Crippen LogP contribution in [0.15, 0.2) is 79.4 Å². The highest BCUT2D eigenvalue weighted by atomic mass is 16.6. The molecule has 0 heterocycles.